The second-order valence-corrected chi connectivity index (χ2v) is 4.95. The number of fused-ring (bicyclic) bond motifs is 1. The van der Waals surface area contributed by atoms with Gasteiger partial charge in [0.05, 0.1) is 12.8 Å². The first-order valence-electron chi connectivity index (χ1n) is 6.78. The van der Waals surface area contributed by atoms with Crippen LogP contribution in [-0.2, 0) is 13.7 Å². The zero-order valence-corrected chi connectivity index (χ0v) is 12.2. The molecule has 0 saturated heterocycles. The Labute approximate surface area is 123 Å². The third kappa shape index (κ3) is 2.52. The van der Waals surface area contributed by atoms with Crippen LogP contribution in [0, 0.1) is 0 Å². The summed E-state index contributed by atoms with van der Waals surface area (Å²) in [6.45, 7) is 0.478. The summed E-state index contributed by atoms with van der Waals surface area (Å²) in [6.07, 6.45) is 0. The smallest absolute Gasteiger partial charge is 0.161 e. The summed E-state index contributed by atoms with van der Waals surface area (Å²) in [6, 6.07) is 15.6. The Morgan fingerprint density at radius 2 is 1.81 bits per heavy atom. The maximum Gasteiger partial charge on any atom is 0.161 e. The van der Waals surface area contributed by atoms with Crippen molar-refractivity contribution in [2.75, 3.05) is 12.8 Å². The molecule has 108 valence electrons. The Balaban J connectivity index is 1.87. The summed E-state index contributed by atoms with van der Waals surface area (Å²) in [5.74, 6) is 1.48. The summed E-state index contributed by atoms with van der Waals surface area (Å²) in [7, 11) is 3.67. The van der Waals surface area contributed by atoms with Gasteiger partial charge in [-0.2, -0.15) is 0 Å². The van der Waals surface area contributed by atoms with E-state index in [-0.39, 0.29) is 0 Å². The molecule has 1 aromatic heterocycles. The molecule has 1 heterocycles. The van der Waals surface area contributed by atoms with Crippen LogP contribution in [0.15, 0.2) is 48.5 Å². The predicted molar refractivity (Wildman–Crippen MR) is 84.7 cm³/mol. The number of benzene rings is 2. The Bertz CT molecular complexity index is 778. The number of rotatable bonds is 4. The molecule has 0 unspecified atom stereocenters. The van der Waals surface area contributed by atoms with Crippen LogP contribution >= 0.6 is 0 Å². The molecule has 0 aliphatic rings. The van der Waals surface area contributed by atoms with Crippen molar-refractivity contribution in [3.05, 3.63) is 54.2 Å². The molecule has 2 N–H and O–H groups in total. The van der Waals surface area contributed by atoms with Crippen LogP contribution in [0.5, 0.6) is 11.5 Å². The minimum Gasteiger partial charge on any atom is -0.493 e. The number of para-hydroxylation sites is 2. The molecule has 0 fully saturated rings. The van der Waals surface area contributed by atoms with Gasteiger partial charge in [0.15, 0.2) is 11.5 Å². The van der Waals surface area contributed by atoms with E-state index in [4.69, 9.17) is 15.2 Å². The van der Waals surface area contributed by atoms with Gasteiger partial charge in [0.25, 0.3) is 0 Å². The van der Waals surface area contributed by atoms with Gasteiger partial charge in [-0.05, 0) is 36.4 Å². The molecule has 0 saturated carbocycles. The highest BCUT2D eigenvalue weighted by atomic mass is 16.5. The second-order valence-electron chi connectivity index (χ2n) is 4.95. The van der Waals surface area contributed by atoms with Crippen molar-refractivity contribution in [2.24, 2.45) is 7.05 Å². The molecule has 0 amide bonds. The van der Waals surface area contributed by atoms with Gasteiger partial charge in [-0.15, -0.1) is 0 Å². The summed E-state index contributed by atoms with van der Waals surface area (Å²) in [4.78, 5) is 0. The lowest BCUT2D eigenvalue weighted by atomic mass is 10.2. The van der Waals surface area contributed by atoms with Crippen molar-refractivity contribution in [2.45, 2.75) is 6.61 Å². The molecule has 0 aliphatic carbocycles. The van der Waals surface area contributed by atoms with E-state index in [0.717, 1.165) is 33.8 Å². The average Bonchev–Trinajstić information content (AvgIpc) is 2.81. The van der Waals surface area contributed by atoms with Gasteiger partial charge < -0.3 is 19.8 Å². The van der Waals surface area contributed by atoms with Crippen LogP contribution in [0.3, 0.4) is 0 Å². The molecule has 4 nitrogen and oxygen atoms in total. The van der Waals surface area contributed by atoms with Crippen molar-refractivity contribution in [1.82, 2.24) is 4.57 Å². The summed E-state index contributed by atoms with van der Waals surface area (Å²) in [5, 5.41) is 1.12. The van der Waals surface area contributed by atoms with Crippen LogP contribution in [0.2, 0.25) is 0 Å². The largest absolute Gasteiger partial charge is 0.493 e. The van der Waals surface area contributed by atoms with Crippen molar-refractivity contribution in [3.63, 3.8) is 0 Å². The van der Waals surface area contributed by atoms with Crippen LogP contribution in [0.1, 0.15) is 5.69 Å². The number of hydrogen-bond donors (Lipinski definition) is 1. The lowest BCUT2D eigenvalue weighted by molar-refractivity contribution is 0.278. The molecule has 2 aromatic carbocycles. The topological polar surface area (TPSA) is 49.4 Å². The van der Waals surface area contributed by atoms with E-state index in [9.17, 15) is 0 Å². The highest BCUT2D eigenvalue weighted by molar-refractivity contribution is 5.84. The highest BCUT2D eigenvalue weighted by Gasteiger charge is 2.08. The molecular formula is C17H18N2O2. The monoisotopic (exact) mass is 282 g/mol. The maximum atomic E-state index is 5.88. The SMILES string of the molecule is COc1ccccc1OCc1cc2cc(N)ccc2n1C. The van der Waals surface area contributed by atoms with Crippen LogP contribution in [-0.4, -0.2) is 11.7 Å². The number of nitrogen functional groups attached to an aromatic ring is 1. The average molecular weight is 282 g/mol. The molecule has 3 rings (SSSR count). The predicted octanol–water partition coefficient (Wildman–Crippen LogP) is 3.35. The van der Waals surface area contributed by atoms with Crippen LogP contribution in [0.4, 0.5) is 5.69 Å². The fourth-order valence-corrected chi connectivity index (χ4v) is 2.45. The van der Waals surface area contributed by atoms with E-state index in [1.54, 1.807) is 7.11 Å². The molecule has 4 heteroatoms. The molecule has 0 aliphatic heterocycles. The van der Waals surface area contributed by atoms with Gasteiger partial charge >= 0.3 is 0 Å². The van der Waals surface area contributed by atoms with E-state index in [2.05, 4.69) is 10.6 Å². The number of aryl methyl sites for hydroxylation is 1. The lowest BCUT2D eigenvalue weighted by Gasteiger charge is -2.10. The minimum absolute atomic E-state index is 0.478. The zero-order chi connectivity index (χ0) is 14.8. The number of nitrogens with zero attached hydrogens (tertiary/aromatic N) is 1. The second kappa shape index (κ2) is 5.40. The van der Waals surface area contributed by atoms with Crippen LogP contribution in [0.25, 0.3) is 10.9 Å². The van der Waals surface area contributed by atoms with E-state index in [0.29, 0.717) is 6.61 Å². The fourth-order valence-electron chi connectivity index (χ4n) is 2.45. The van der Waals surface area contributed by atoms with Gasteiger partial charge in [-0.1, -0.05) is 12.1 Å². The number of anilines is 1. The third-order valence-corrected chi connectivity index (χ3v) is 3.61. The van der Waals surface area contributed by atoms with E-state index >= 15 is 0 Å². The number of methoxy groups -OCH3 is 1. The third-order valence-electron chi connectivity index (χ3n) is 3.61. The molecule has 3 aromatic rings. The standard InChI is InChI=1S/C17H18N2O2/c1-19-14(10-12-9-13(18)7-8-15(12)19)11-21-17-6-4-3-5-16(17)20-2/h3-10H,11,18H2,1-2H3. The van der Waals surface area contributed by atoms with Crippen molar-refractivity contribution in [1.29, 1.82) is 0 Å². The molecule has 0 atom stereocenters. The summed E-state index contributed by atoms with van der Waals surface area (Å²) >= 11 is 0. The molecule has 21 heavy (non-hydrogen) atoms. The van der Waals surface area contributed by atoms with Crippen molar-refractivity contribution < 1.29 is 9.47 Å². The van der Waals surface area contributed by atoms with Gasteiger partial charge in [-0.25, -0.2) is 0 Å². The van der Waals surface area contributed by atoms with E-state index in [1.165, 1.54) is 0 Å². The number of ether oxygens (including phenoxy) is 2. The number of aromatic nitrogens is 1. The first-order chi connectivity index (χ1) is 10.2. The van der Waals surface area contributed by atoms with E-state index < -0.39 is 0 Å². The van der Waals surface area contributed by atoms with Crippen molar-refractivity contribution in [3.8, 4) is 11.5 Å². The Morgan fingerprint density at radius 3 is 2.57 bits per heavy atom. The van der Waals surface area contributed by atoms with Gasteiger partial charge in [-0.3, -0.25) is 0 Å². The van der Waals surface area contributed by atoms with Gasteiger partial charge in [0.1, 0.15) is 6.61 Å². The Kier molecular flexibility index (Phi) is 3.44. The lowest BCUT2D eigenvalue weighted by Crippen LogP contribution is -2.02. The normalized spacial score (nSPS) is 10.8. The molecule has 0 spiro atoms. The maximum absolute atomic E-state index is 5.88. The van der Waals surface area contributed by atoms with E-state index in [1.807, 2.05) is 49.5 Å². The molecular weight excluding hydrogens is 264 g/mol. The first kappa shape index (κ1) is 13.4. The van der Waals surface area contributed by atoms with Gasteiger partial charge in [0.2, 0.25) is 0 Å². The molecule has 0 radical (unpaired) electrons. The number of hydrogen-bond acceptors (Lipinski definition) is 3. The van der Waals surface area contributed by atoms with Gasteiger partial charge in [0, 0.05) is 23.6 Å². The number of nitrogens with two attached hydrogens (primary N) is 1. The summed E-state index contributed by atoms with van der Waals surface area (Å²) < 4.78 is 13.3. The Hall–Kier alpha value is -2.62. The fraction of sp³-hybridized carbons (Fsp3) is 0.176. The zero-order valence-electron chi connectivity index (χ0n) is 12.2. The Morgan fingerprint density at radius 1 is 1.05 bits per heavy atom. The van der Waals surface area contributed by atoms with Crippen LogP contribution < -0.4 is 15.2 Å². The molecule has 0 bridgehead atoms. The summed E-state index contributed by atoms with van der Waals surface area (Å²) in [5.41, 5.74) is 8.82. The quantitative estimate of drug-likeness (QED) is 0.747. The minimum atomic E-state index is 0.478. The highest BCUT2D eigenvalue weighted by Crippen LogP contribution is 2.28. The van der Waals surface area contributed by atoms with Crippen molar-refractivity contribution >= 4 is 16.6 Å². The first-order valence-corrected chi connectivity index (χ1v) is 6.78.